The highest BCUT2D eigenvalue weighted by atomic mass is 16.1. The van der Waals surface area contributed by atoms with Gasteiger partial charge < -0.3 is 10.6 Å². The molecule has 1 aliphatic rings. The Morgan fingerprint density at radius 2 is 2.05 bits per heavy atom. The summed E-state index contributed by atoms with van der Waals surface area (Å²) in [5.74, 6) is 0.00561. The molecule has 0 bridgehead atoms. The lowest BCUT2D eigenvalue weighted by Crippen LogP contribution is -2.39. The number of hydrogen-bond donors (Lipinski definition) is 2. The molecule has 2 aromatic rings. The van der Waals surface area contributed by atoms with Crippen LogP contribution in [0.4, 0.5) is 0 Å². The average molecular weight is 294 g/mol. The molecule has 0 saturated heterocycles. The largest absolute Gasteiger partial charge is 0.350 e. The highest BCUT2D eigenvalue weighted by Crippen LogP contribution is 2.22. The van der Waals surface area contributed by atoms with Gasteiger partial charge in [0.15, 0.2) is 0 Å². The van der Waals surface area contributed by atoms with Crippen molar-refractivity contribution < 1.29 is 4.79 Å². The molecule has 2 aromatic carbocycles. The SMILES string of the molecule is Cc1ccc(C)c(C(=O)NCC2NCCc3ccccc32)c1. The lowest BCUT2D eigenvalue weighted by Gasteiger charge is -2.27. The Balaban J connectivity index is 1.71. The van der Waals surface area contributed by atoms with E-state index in [9.17, 15) is 4.79 Å². The van der Waals surface area contributed by atoms with Crippen molar-refractivity contribution in [2.45, 2.75) is 26.3 Å². The van der Waals surface area contributed by atoms with Crippen molar-refractivity contribution in [2.75, 3.05) is 13.1 Å². The predicted molar refractivity (Wildman–Crippen MR) is 89.1 cm³/mol. The van der Waals surface area contributed by atoms with Crippen LogP contribution in [0.5, 0.6) is 0 Å². The predicted octanol–water partition coefficient (Wildman–Crippen LogP) is 2.92. The zero-order valence-corrected chi connectivity index (χ0v) is 13.1. The second-order valence-electron chi connectivity index (χ2n) is 5.98. The summed E-state index contributed by atoms with van der Waals surface area (Å²) in [6, 6.07) is 14.6. The normalized spacial score (nSPS) is 16.9. The van der Waals surface area contributed by atoms with E-state index in [1.165, 1.54) is 11.1 Å². The molecule has 1 unspecified atom stereocenters. The van der Waals surface area contributed by atoms with Crippen LogP contribution in [0.15, 0.2) is 42.5 Å². The molecule has 0 saturated carbocycles. The highest BCUT2D eigenvalue weighted by Gasteiger charge is 2.20. The van der Waals surface area contributed by atoms with Gasteiger partial charge in [-0.1, -0.05) is 42.0 Å². The maximum absolute atomic E-state index is 12.4. The second kappa shape index (κ2) is 6.32. The molecule has 1 atom stereocenters. The van der Waals surface area contributed by atoms with Crippen LogP contribution in [0.3, 0.4) is 0 Å². The summed E-state index contributed by atoms with van der Waals surface area (Å²) in [4.78, 5) is 12.4. The van der Waals surface area contributed by atoms with Crippen molar-refractivity contribution in [2.24, 2.45) is 0 Å². The van der Waals surface area contributed by atoms with Crippen LogP contribution in [0.1, 0.15) is 38.7 Å². The van der Waals surface area contributed by atoms with E-state index in [-0.39, 0.29) is 11.9 Å². The van der Waals surface area contributed by atoms with Gasteiger partial charge in [-0.25, -0.2) is 0 Å². The molecule has 1 aliphatic heterocycles. The van der Waals surface area contributed by atoms with E-state index in [0.29, 0.717) is 6.54 Å². The molecule has 0 radical (unpaired) electrons. The second-order valence-corrected chi connectivity index (χ2v) is 5.98. The molecule has 1 heterocycles. The lowest BCUT2D eigenvalue weighted by molar-refractivity contribution is 0.0948. The fourth-order valence-corrected chi connectivity index (χ4v) is 3.05. The van der Waals surface area contributed by atoms with E-state index in [2.05, 4.69) is 34.9 Å². The third kappa shape index (κ3) is 3.04. The number of carbonyl (C=O) groups is 1. The molecule has 0 fully saturated rings. The first-order valence-electron chi connectivity index (χ1n) is 7.82. The Morgan fingerprint density at radius 1 is 1.23 bits per heavy atom. The molecular formula is C19H22N2O. The zero-order chi connectivity index (χ0) is 15.5. The van der Waals surface area contributed by atoms with Crippen molar-refractivity contribution in [3.05, 3.63) is 70.3 Å². The fourth-order valence-electron chi connectivity index (χ4n) is 3.05. The number of nitrogens with one attached hydrogen (secondary N) is 2. The summed E-state index contributed by atoms with van der Waals surface area (Å²) in [6.07, 6.45) is 1.05. The summed E-state index contributed by atoms with van der Waals surface area (Å²) in [5.41, 5.74) is 5.57. The number of aryl methyl sites for hydroxylation is 2. The smallest absolute Gasteiger partial charge is 0.251 e. The van der Waals surface area contributed by atoms with Crippen molar-refractivity contribution >= 4 is 5.91 Å². The number of carbonyl (C=O) groups excluding carboxylic acids is 1. The van der Waals surface area contributed by atoms with Gasteiger partial charge >= 0.3 is 0 Å². The molecule has 1 amide bonds. The number of fused-ring (bicyclic) bond motifs is 1. The minimum absolute atomic E-state index is 0.00561. The van der Waals surface area contributed by atoms with Gasteiger partial charge in [0.05, 0.1) is 0 Å². The third-order valence-electron chi connectivity index (χ3n) is 4.32. The minimum Gasteiger partial charge on any atom is -0.350 e. The molecule has 114 valence electrons. The molecule has 0 aromatic heterocycles. The standard InChI is InChI=1S/C19H22N2O/c1-13-7-8-14(2)17(11-13)19(22)21-12-18-16-6-4-3-5-15(16)9-10-20-18/h3-8,11,18,20H,9-10,12H2,1-2H3,(H,21,22). The Hall–Kier alpha value is -2.13. The van der Waals surface area contributed by atoms with Gasteiger partial charge in [0.1, 0.15) is 0 Å². The van der Waals surface area contributed by atoms with Crippen LogP contribution >= 0.6 is 0 Å². The molecular weight excluding hydrogens is 272 g/mol. The molecule has 3 heteroatoms. The van der Waals surface area contributed by atoms with Gasteiger partial charge in [0.2, 0.25) is 0 Å². The van der Waals surface area contributed by atoms with E-state index in [4.69, 9.17) is 0 Å². The molecule has 0 spiro atoms. The Labute approximate surface area is 131 Å². The van der Waals surface area contributed by atoms with Gasteiger partial charge in [-0.3, -0.25) is 4.79 Å². The first kappa shape index (κ1) is 14.8. The van der Waals surface area contributed by atoms with E-state index >= 15 is 0 Å². The summed E-state index contributed by atoms with van der Waals surface area (Å²) < 4.78 is 0. The molecule has 3 rings (SSSR count). The van der Waals surface area contributed by atoms with Crippen LogP contribution in [0, 0.1) is 13.8 Å². The van der Waals surface area contributed by atoms with Crippen molar-refractivity contribution in [1.29, 1.82) is 0 Å². The van der Waals surface area contributed by atoms with Crippen molar-refractivity contribution in [3.63, 3.8) is 0 Å². The Morgan fingerprint density at radius 3 is 2.91 bits per heavy atom. The maximum atomic E-state index is 12.4. The Kier molecular flexibility index (Phi) is 4.25. The van der Waals surface area contributed by atoms with Crippen LogP contribution in [0.2, 0.25) is 0 Å². The van der Waals surface area contributed by atoms with Crippen LogP contribution in [0.25, 0.3) is 0 Å². The van der Waals surface area contributed by atoms with Crippen LogP contribution in [-0.2, 0) is 6.42 Å². The highest BCUT2D eigenvalue weighted by molar-refractivity contribution is 5.95. The van der Waals surface area contributed by atoms with Crippen molar-refractivity contribution in [3.8, 4) is 0 Å². The molecule has 22 heavy (non-hydrogen) atoms. The van der Waals surface area contributed by atoms with E-state index in [1.54, 1.807) is 0 Å². The van der Waals surface area contributed by atoms with Gasteiger partial charge in [0.25, 0.3) is 5.91 Å². The van der Waals surface area contributed by atoms with Crippen molar-refractivity contribution in [1.82, 2.24) is 10.6 Å². The Bertz CT molecular complexity index is 694. The zero-order valence-electron chi connectivity index (χ0n) is 13.1. The van der Waals surface area contributed by atoms with E-state index in [1.807, 2.05) is 32.0 Å². The number of rotatable bonds is 3. The monoisotopic (exact) mass is 294 g/mol. The minimum atomic E-state index is 0.00561. The molecule has 3 nitrogen and oxygen atoms in total. The van der Waals surface area contributed by atoms with Gasteiger partial charge in [-0.2, -0.15) is 0 Å². The lowest BCUT2D eigenvalue weighted by atomic mass is 9.94. The molecule has 2 N–H and O–H groups in total. The van der Waals surface area contributed by atoms with E-state index in [0.717, 1.165) is 29.7 Å². The summed E-state index contributed by atoms with van der Waals surface area (Å²) in [6.45, 7) is 5.56. The van der Waals surface area contributed by atoms with Gasteiger partial charge in [0, 0.05) is 18.2 Å². The average Bonchev–Trinajstić information content (AvgIpc) is 2.54. The topological polar surface area (TPSA) is 41.1 Å². The summed E-state index contributed by atoms with van der Waals surface area (Å²) >= 11 is 0. The molecule has 0 aliphatic carbocycles. The van der Waals surface area contributed by atoms with Gasteiger partial charge in [-0.05, 0) is 49.6 Å². The number of amides is 1. The maximum Gasteiger partial charge on any atom is 0.251 e. The number of benzene rings is 2. The van der Waals surface area contributed by atoms with Crippen LogP contribution < -0.4 is 10.6 Å². The number of hydrogen-bond acceptors (Lipinski definition) is 2. The quantitative estimate of drug-likeness (QED) is 0.914. The first-order chi connectivity index (χ1) is 10.6. The van der Waals surface area contributed by atoms with E-state index < -0.39 is 0 Å². The van der Waals surface area contributed by atoms with Gasteiger partial charge in [-0.15, -0.1) is 0 Å². The first-order valence-corrected chi connectivity index (χ1v) is 7.82. The fraction of sp³-hybridized carbons (Fsp3) is 0.316. The summed E-state index contributed by atoms with van der Waals surface area (Å²) in [5, 5.41) is 6.57. The van der Waals surface area contributed by atoms with Crippen LogP contribution in [-0.4, -0.2) is 19.0 Å². The third-order valence-corrected chi connectivity index (χ3v) is 4.32. The summed E-state index contributed by atoms with van der Waals surface area (Å²) in [7, 11) is 0.